The van der Waals surface area contributed by atoms with Crippen LogP contribution in [0, 0.1) is 0 Å². The lowest BCUT2D eigenvalue weighted by Gasteiger charge is -2.11. The molecule has 0 spiro atoms. The van der Waals surface area contributed by atoms with Crippen molar-refractivity contribution in [1.29, 1.82) is 0 Å². The average Bonchev–Trinajstić information content (AvgIpc) is 3.21. The fourth-order valence-corrected chi connectivity index (χ4v) is 4.02. The molecule has 0 amide bonds. The van der Waals surface area contributed by atoms with Crippen LogP contribution in [0.4, 0.5) is 0 Å². The van der Waals surface area contributed by atoms with E-state index in [0.717, 1.165) is 5.56 Å². The van der Waals surface area contributed by atoms with Crippen molar-refractivity contribution >= 4 is 21.6 Å². The topological polar surface area (TPSA) is 95.4 Å². The first kappa shape index (κ1) is 21.1. The van der Waals surface area contributed by atoms with Crippen LogP contribution in [0.5, 0.6) is 5.75 Å². The number of benzene rings is 3. The molecule has 0 fully saturated rings. The Morgan fingerprint density at radius 1 is 0.968 bits per heavy atom. The van der Waals surface area contributed by atoms with Crippen LogP contribution in [0.15, 0.2) is 88.2 Å². The molecule has 0 saturated carbocycles. The maximum atomic E-state index is 12.2. The smallest absolute Gasteiger partial charge is 0.238 e. The molecule has 0 aliphatic heterocycles. The van der Waals surface area contributed by atoms with Crippen LogP contribution in [0.3, 0.4) is 0 Å². The first-order chi connectivity index (χ1) is 14.8. The third-order valence-corrected chi connectivity index (χ3v) is 5.82. The predicted octanol–water partition coefficient (Wildman–Crippen LogP) is 5.45. The zero-order valence-electron chi connectivity index (χ0n) is 16.5. The highest BCUT2D eigenvalue weighted by Crippen LogP contribution is 2.37. The summed E-state index contributed by atoms with van der Waals surface area (Å²) < 4.78 is 36.3. The van der Waals surface area contributed by atoms with Gasteiger partial charge < -0.3 is 9.15 Å². The van der Waals surface area contributed by atoms with Gasteiger partial charge in [0.15, 0.2) is 11.9 Å². The number of aromatic nitrogens is 1. The number of nitrogens with zero attached hydrogens (tertiary/aromatic N) is 1. The Morgan fingerprint density at radius 3 is 2.29 bits per heavy atom. The number of hydrogen-bond acceptors (Lipinski definition) is 5. The molecule has 1 heterocycles. The monoisotopic (exact) mass is 454 g/mol. The van der Waals surface area contributed by atoms with Gasteiger partial charge in [-0.1, -0.05) is 54.1 Å². The van der Waals surface area contributed by atoms with Gasteiger partial charge in [-0.3, -0.25) is 0 Å². The van der Waals surface area contributed by atoms with E-state index >= 15 is 0 Å². The van der Waals surface area contributed by atoms with Crippen LogP contribution >= 0.6 is 11.6 Å². The number of sulfonamides is 1. The molecule has 0 saturated heterocycles. The van der Waals surface area contributed by atoms with E-state index in [0.29, 0.717) is 33.7 Å². The minimum absolute atomic E-state index is 0.0406. The van der Waals surface area contributed by atoms with Crippen molar-refractivity contribution in [2.24, 2.45) is 5.14 Å². The fourth-order valence-electron chi connectivity index (χ4n) is 3.15. The summed E-state index contributed by atoms with van der Waals surface area (Å²) in [5, 5.41) is 6.04. The normalized spacial score (nSPS) is 12.5. The van der Waals surface area contributed by atoms with E-state index in [1.165, 1.54) is 6.07 Å². The van der Waals surface area contributed by atoms with Gasteiger partial charge in [0, 0.05) is 16.1 Å². The Hall–Kier alpha value is -3.13. The highest BCUT2D eigenvalue weighted by Gasteiger charge is 2.25. The molecule has 2 N–H and O–H groups in total. The first-order valence-electron chi connectivity index (χ1n) is 9.43. The second-order valence-electron chi connectivity index (χ2n) is 6.85. The number of nitrogens with two attached hydrogens (primary N) is 1. The van der Waals surface area contributed by atoms with Crippen LogP contribution < -0.4 is 9.88 Å². The van der Waals surface area contributed by atoms with E-state index in [1.807, 2.05) is 30.3 Å². The summed E-state index contributed by atoms with van der Waals surface area (Å²) in [4.78, 5) is 4.60. The Bertz CT molecular complexity index is 1300. The second-order valence-corrected chi connectivity index (χ2v) is 8.82. The third kappa shape index (κ3) is 4.64. The molecule has 3 aromatic carbocycles. The summed E-state index contributed by atoms with van der Waals surface area (Å²) in [6.07, 6.45) is -0.543. The van der Waals surface area contributed by atoms with E-state index in [-0.39, 0.29) is 4.90 Å². The molecule has 0 radical (unpaired) electrons. The van der Waals surface area contributed by atoms with Crippen LogP contribution in [-0.2, 0) is 10.0 Å². The van der Waals surface area contributed by atoms with Crippen LogP contribution in [-0.4, -0.2) is 13.4 Å². The van der Waals surface area contributed by atoms with Gasteiger partial charge in [-0.15, -0.1) is 0 Å². The fraction of sp³-hybridized carbons (Fsp3) is 0.0870. The highest BCUT2D eigenvalue weighted by atomic mass is 35.5. The van der Waals surface area contributed by atoms with E-state index in [2.05, 4.69) is 4.98 Å². The zero-order chi connectivity index (χ0) is 22.0. The maximum absolute atomic E-state index is 12.2. The summed E-state index contributed by atoms with van der Waals surface area (Å²) in [6.45, 7) is 1.80. The number of halogens is 1. The molecule has 0 bridgehead atoms. The molecule has 31 heavy (non-hydrogen) atoms. The summed E-state index contributed by atoms with van der Waals surface area (Å²) >= 11 is 5.93. The average molecular weight is 455 g/mol. The molecular formula is C23H19ClN2O4S. The van der Waals surface area contributed by atoms with E-state index in [4.69, 9.17) is 25.9 Å². The van der Waals surface area contributed by atoms with Gasteiger partial charge in [0.25, 0.3) is 0 Å². The molecular weight excluding hydrogens is 436 g/mol. The lowest BCUT2D eigenvalue weighted by Crippen LogP contribution is -2.13. The van der Waals surface area contributed by atoms with Crippen LogP contribution in [0.25, 0.3) is 22.6 Å². The quantitative estimate of drug-likeness (QED) is 0.418. The van der Waals surface area contributed by atoms with E-state index in [9.17, 15) is 8.42 Å². The SMILES string of the molecule is CC(Oc1ccc(Cl)cc1)c1nc(-c2ccccc2)c(-c2ccccc2S(N)(=O)=O)o1. The van der Waals surface area contributed by atoms with Crippen molar-refractivity contribution in [3.8, 4) is 28.3 Å². The molecule has 4 aromatic rings. The van der Waals surface area contributed by atoms with Crippen molar-refractivity contribution in [2.45, 2.75) is 17.9 Å². The van der Waals surface area contributed by atoms with Gasteiger partial charge in [-0.2, -0.15) is 0 Å². The van der Waals surface area contributed by atoms with Gasteiger partial charge >= 0.3 is 0 Å². The molecule has 1 unspecified atom stereocenters. The first-order valence-corrected chi connectivity index (χ1v) is 11.4. The van der Waals surface area contributed by atoms with Crippen molar-refractivity contribution in [3.63, 3.8) is 0 Å². The van der Waals surface area contributed by atoms with Crippen molar-refractivity contribution < 1.29 is 17.6 Å². The minimum Gasteiger partial charge on any atom is -0.481 e. The summed E-state index contributed by atoms with van der Waals surface area (Å²) in [5.41, 5.74) is 1.61. The van der Waals surface area contributed by atoms with Crippen molar-refractivity contribution in [1.82, 2.24) is 4.98 Å². The number of ether oxygens (including phenoxy) is 1. The molecule has 4 rings (SSSR count). The number of hydrogen-bond donors (Lipinski definition) is 1. The van der Waals surface area contributed by atoms with Gasteiger partial charge in [0.2, 0.25) is 15.9 Å². The lowest BCUT2D eigenvalue weighted by atomic mass is 10.1. The summed E-state index contributed by atoms with van der Waals surface area (Å²) in [6, 6.07) is 22.7. The van der Waals surface area contributed by atoms with Crippen molar-refractivity contribution in [3.05, 3.63) is 89.8 Å². The van der Waals surface area contributed by atoms with E-state index < -0.39 is 16.1 Å². The molecule has 0 aliphatic carbocycles. The predicted molar refractivity (Wildman–Crippen MR) is 119 cm³/mol. The van der Waals surface area contributed by atoms with Gasteiger partial charge in [0.1, 0.15) is 11.4 Å². The number of oxazole rings is 1. The van der Waals surface area contributed by atoms with Gasteiger partial charge in [-0.25, -0.2) is 18.5 Å². The van der Waals surface area contributed by atoms with Gasteiger partial charge in [-0.05, 0) is 43.3 Å². The lowest BCUT2D eigenvalue weighted by molar-refractivity contribution is 0.190. The molecule has 0 aliphatic rings. The summed E-state index contributed by atoms with van der Waals surface area (Å²) in [5.74, 6) is 1.20. The van der Waals surface area contributed by atoms with Crippen LogP contribution in [0.1, 0.15) is 18.9 Å². The molecule has 8 heteroatoms. The minimum atomic E-state index is -3.98. The Morgan fingerprint density at radius 2 is 1.61 bits per heavy atom. The summed E-state index contributed by atoms with van der Waals surface area (Å²) in [7, 11) is -3.98. The maximum Gasteiger partial charge on any atom is 0.238 e. The number of rotatable bonds is 6. The molecule has 1 atom stereocenters. The molecule has 1 aromatic heterocycles. The molecule has 6 nitrogen and oxygen atoms in total. The Labute approximate surface area is 185 Å². The second kappa shape index (κ2) is 8.55. The largest absolute Gasteiger partial charge is 0.481 e. The molecule has 158 valence electrons. The zero-order valence-corrected chi connectivity index (χ0v) is 18.1. The van der Waals surface area contributed by atoms with E-state index in [1.54, 1.807) is 49.4 Å². The van der Waals surface area contributed by atoms with Crippen molar-refractivity contribution in [2.75, 3.05) is 0 Å². The van der Waals surface area contributed by atoms with Crippen LogP contribution in [0.2, 0.25) is 5.02 Å². The standard InChI is InChI=1S/C23H19ClN2O4S/c1-15(29-18-13-11-17(24)12-14-18)23-26-21(16-7-3-2-4-8-16)22(30-23)19-9-5-6-10-20(19)31(25,27)28/h2-15H,1H3,(H2,25,27,28). The highest BCUT2D eigenvalue weighted by molar-refractivity contribution is 7.89. The third-order valence-electron chi connectivity index (χ3n) is 4.60. The Balaban J connectivity index is 1.82. The van der Waals surface area contributed by atoms with Gasteiger partial charge in [0.05, 0.1) is 4.90 Å². The Kier molecular flexibility index (Phi) is 5.82. The number of primary sulfonamides is 1.